The maximum atomic E-state index is 13.9. The number of fused-ring (bicyclic) bond motifs is 1. The molecule has 3 amide bonds. The van der Waals surface area contributed by atoms with Crippen LogP contribution >= 0.6 is 15.9 Å². The number of amides is 3. The van der Waals surface area contributed by atoms with E-state index in [2.05, 4.69) is 35.1 Å². The number of anilines is 3. The molecule has 174 valence electrons. The molecule has 1 heterocycles. The Morgan fingerprint density at radius 1 is 0.912 bits per heavy atom. The molecule has 1 unspecified atom stereocenters. The Morgan fingerprint density at radius 2 is 1.59 bits per heavy atom. The van der Waals surface area contributed by atoms with Crippen LogP contribution in [0.3, 0.4) is 0 Å². The second kappa shape index (κ2) is 10.2. The lowest BCUT2D eigenvalue weighted by molar-refractivity contribution is -0.128. The highest BCUT2D eigenvalue weighted by Crippen LogP contribution is 2.38. The van der Waals surface area contributed by atoms with E-state index in [1.54, 1.807) is 29.2 Å². The predicted octanol–water partition coefficient (Wildman–Crippen LogP) is 5.31. The van der Waals surface area contributed by atoms with Crippen LogP contribution in [0.25, 0.3) is 0 Å². The van der Waals surface area contributed by atoms with Gasteiger partial charge in [0.05, 0.1) is 11.4 Å². The summed E-state index contributed by atoms with van der Waals surface area (Å²) in [4.78, 5) is 43.9. The molecule has 1 aliphatic rings. The highest BCUT2D eigenvalue weighted by Gasteiger charge is 2.41. The number of nitrogens with zero attached hydrogens (tertiary/aromatic N) is 2. The number of hydrogen-bond donors (Lipinski definition) is 1. The Kier molecular flexibility index (Phi) is 7.12. The van der Waals surface area contributed by atoms with E-state index in [1.165, 1.54) is 4.90 Å². The summed E-state index contributed by atoms with van der Waals surface area (Å²) in [5, 5.41) is 2.71. The Labute approximate surface area is 207 Å². The number of benzene rings is 3. The van der Waals surface area contributed by atoms with Crippen LogP contribution < -0.4 is 15.1 Å². The Morgan fingerprint density at radius 3 is 2.26 bits per heavy atom. The zero-order valence-corrected chi connectivity index (χ0v) is 20.7. The lowest BCUT2D eigenvalue weighted by Crippen LogP contribution is -2.55. The minimum Gasteiger partial charge on any atom is -0.332 e. The standard InChI is InChI=1S/C27H26BrN3O3/c1-18(2)15-16-30-22-13-6-7-14-23(22)31(21-11-4-3-5-12-21)27(34)24(26(30)33)29-25(32)19-9-8-10-20(28)17-19/h3-14,17-18,24H,15-16H2,1-2H3,(H,29,32). The van der Waals surface area contributed by atoms with Crippen LogP contribution in [0, 0.1) is 5.92 Å². The van der Waals surface area contributed by atoms with Crippen LogP contribution in [-0.4, -0.2) is 30.3 Å². The Bertz CT molecular complexity index is 1210. The number of halogens is 1. The van der Waals surface area contributed by atoms with E-state index in [4.69, 9.17) is 0 Å². The molecule has 3 aromatic carbocycles. The minimum atomic E-state index is -1.37. The molecule has 0 aromatic heterocycles. The molecule has 1 aliphatic heterocycles. The first-order valence-corrected chi connectivity index (χ1v) is 12.0. The van der Waals surface area contributed by atoms with Crippen molar-refractivity contribution >= 4 is 50.7 Å². The summed E-state index contributed by atoms with van der Waals surface area (Å²) in [6.45, 7) is 4.61. The van der Waals surface area contributed by atoms with Gasteiger partial charge in [-0.15, -0.1) is 0 Å². The quantitative estimate of drug-likeness (QED) is 0.449. The van der Waals surface area contributed by atoms with Crippen molar-refractivity contribution in [2.24, 2.45) is 5.92 Å². The van der Waals surface area contributed by atoms with Gasteiger partial charge in [0.1, 0.15) is 0 Å². The van der Waals surface area contributed by atoms with Crippen LogP contribution in [0.15, 0.2) is 83.3 Å². The van der Waals surface area contributed by atoms with Crippen molar-refractivity contribution in [3.8, 4) is 0 Å². The Balaban J connectivity index is 1.80. The topological polar surface area (TPSA) is 69.7 Å². The summed E-state index contributed by atoms with van der Waals surface area (Å²) in [7, 11) is 0. The molecule has 0 aliphatic carbocycles. The number of rotatable bonds is 6. The SMILES string of the molecule is CC(C)CCN1C(=O)C(NC(=O)c2cccc(Br)c2)C(=O)N(c2ccccc2)c2ccccc21. The molecule has 6 nitrogen and oxygen atoms in total. The van der Waals surface area contributed by atoms with Gasteiger partial charge >= 0.3 is 0 Å². The van der Waals surface area contributed by atoms with Gasteiger partial charge in [-0.2, -0.15) is 0 Å². The molecule has 1 atom stereocenters. The lowest BCUT2D eigenvalue weighted by Gasteiger charge is -2.26. The molecule has 0 bridgehead atoms. The van der Waals surface area contributed by atoms with E-state index < -0.39 is 23.8 Å². The van der Waals surface area contributed by atoms with Crippen LogP contribution in [0.1, 0.15) is 30.6 Å². The summed E-state index contributed by atoms with van der Waals surface area (Å²) in [5.74, 6) is -1.08. The van der Waals surface area contributed by atoms with Gasteiger partial charge < -0.3 is 10.2 Å². The average molecular weight is 520 g/mol. The van der Waals surface area contributed by atoms with Gasteiger partial charge in [0, 0.05) is 22.3 Å². The highest BCUT2D eigenvalue weighted by atomic mass is 79.9. The monoisotopic (exact) mass is 519 g/mol. The summed E-state index contributed by atoms with van der Waals surface area (Å²) in [6.07, 6.45) is 0.756. The van der Waals surface area contributed by atoms with E-state index in [0.29, 0.717) is 35.1 Å². The van der Waals surface area contributed by atoms with Crippen LogP contribution in [0.4, 0.5) is 17.1 Å². The van der Waals surface area contributed by atoms with Crippen molar-refractivity contribution in [1.29, 1.82) is 0 Å². The molecular formula is C27H26BrN3O3. The van der Waals surface area contributed by atoms with Gasteiger partial charge in [0.2, 0.25) is 0 Å². The number of hydrogen-bond acceptors (Lipinski definition) is 3. The first kappa shape index (κ1) is 23.7. The van der Waals surface area contributed by atoms with Crippen molar-refractivity contribution in [1.82, 2.24) is 5.32 Å². The smallest absolute Gasteiger partial charge is 0.264 e. The summed E-state index contributed by atoms with van der Waals surface area (Å²) < 4.78 is 0.732. The summed E-state index contributed by atoms with van der Waals surface area (Å²) >= 11 is 3.36. The third-order valence-corrected chi connectivity index (χ3v) is 6.19. The third kappa shape index (κ3) is 4.89. The van der Waals surface area contributed by atoms with Crippen molar-refractivity contribution in [3.05, 3.63) is 88.9 Å². The first-order chi connectivity index (χ1) is 16.4. The van der Waals surface area contributed by atoms with E-state index in [0.717, 1.165) is 10.9 Å². The molecule has 1 N–H and O–H groups in total. The molecule has 0 saturated carbocycles. The third-order valence-electron chi connectivity index (χ3n) is 5.70. The minimum absolute atomic E-state index is 0.358. The second-order valence-corrected chi connectivity index (χ2v) is 9.50. The van der Waals surface area contributed by atoms with Crippen LogP contribution in [-0.2, 0) is 9.59 Å². The molecule has 0 saturated heterocycles. The van der Waals surface area contributed by atoms with Gasteiger partial charge in [-0.1, -0.05) is 66.2 Å². The van der Waals surface area contributed by atoms with E-state index >= 15 is 0 Å². The molecule has 34 heavy (non-hydrogen) atoms. The predicted molar refractivity (Wildman–Crippen MR) is 137 cm³/mol. The zero-order valence-electron chi connectivity index (χ0n) is 19.1. The van der Waals surface area contributed by atoms with Crippen molar-refractivity contribution in [3.63, 3.8) is 0 Å². The molecule has 0 radical (unpaired) electrons. The first-order valence-electron chi connectivity index (χ1n) is 11.2. The molecule has 0 spiro atoms. The number of carbonyl (C=O) groups is 3. The normalized spacial score (nSPS) is 15.8. The fourth-order valence-corrected chi connectivity index (χ4v) is 4.34. The van der Waals surface area contributed by atoms with Crippen LogP contribution in [0.2, 0.25) is 0 Å². The fourth-order valence-electron chi connectivity index (χ4n) is 3.94. The number of carbonyl (C=O) groups excluding carboxylic acids is 3. The molecule has 7 heteroatoms. The number of para-hydroxylation sites is 3. The summed E-state index contributed by atoms with van der Waals surface area (Å²) in [6, 6.07) is 22.0. The molecule has 3 aromatic rings. The zero-order chi connectivity index (χ0) is 24.2. The van der Waals surface area contributed by atoms with E-state index in [9.17, 15) is 14.4 Å². The molecule has 4 rings (SSSR count). The van der Waals surface area contributed by atoms with Crippen molar-refractivity contribution in [2.75, 3.05) is 16.3 Å². The van der Waals surface area contributed by atoms with E-state index in [-0.39, 0.29) is 0 Å². The molecular weight excluding hydrogens is 494 g/mol. The highest BCUT2D eigenvalue weighted by molar-refractivity contribution is 9.10. The van der Waals surface area contributed by atoms with Gasteiger partial charge in [0.15, 0.2) is 6.04 Å². The van der Waals surface area contributed by atoms with Gasteiger partial charge in [-0.05, 0) is 54.8 Å². The van der Waals surface area contributed by atoms with Gasteiger partial charge in [0.25, 0.3) is 17.7 Å². The van der Waals surface area contributed by atoms with Gasteiger partial charge in [-0.25, -0.2) is 0 Å². The fraction of sp³-hybridized carbons (Fsp3) is 0.222. The van der Waals surface area contributed by atoms with Crippen molar-refractivity contribution < 1.29 is 14.4 Å². The second-order valence-electron chi connectivity index (χ2n) is 8.59. The Hall–Kier alpha value is -3.45. The summed E-state index contributed by atoms with van der Waals surface area (Å²) in [5.41, 5.74) is 2.23. The largest absolute Gasteiger partial charge is 0.332 e. The molecule has 0 fully saturated rings. The maximum absolute atomic E-state index is 13.9. The van der Waals surface area contributed by atoms with Gasteiger partial charge in [-0.3, -0.25) is 19.3 Å². The van der Waals surface area contributed by atoms with E-state index in [1.807, 2.05) is 54.6 Å². The average Bonchev–Trinajstić information content (AvgIpc) is 2.91. The van der Waals surface area contributed by atoms with Crippen molar-refractivity contribution in [2.45, 2.75) is 26.3 Å². The lowest BCUT2D eigenvalue weighted by atomic mass is 10.1. The van der Waals surface area contributed by atoms with Crippen LogP contribution in [0.5, 0.6) is 0 Å². The maximum Gasteiger partial charge on any atom is 0.264 e. The number of nitrogens with one attached hydrogen (secondary N) is 1.